The Kier molecular flexibility index (Phi) is 6.99. The maximum atomic E-state index is 12.9. The highest BCUT2D eigenvalue weighted by molar-refractivity contribution is 6.36. The number of hydrogen-bond donors (Lipinski definition) is 0. The summed E-state index contributed by atoms with van der Waals surface area (Å²) in [5, 5.41) is -0.706. The quantitative estimate of drug-likeness (QED) is 0.285. The van der Waals surface area contributed by atoms with Crippen LogP contribution in [0.5, 0.6) is 11.6 Å². The van der Waals surface area contributed by atoms with E-state index in [9.17, 15) is 26.3 Å². The molecule has 170 valence electrons. The van der Waals surface area contributed by atoms with E-state index in [1.807, 2.05) is 0 Å². The molecule has 0 fully saturated rings. The number of rotatable bonds is 6. The largest absolute Gasteiger partial charge is 0.439 e. The molecule has 0 unspecified atom stereocenters. The predicted octanol–water partition coefficient (Wildman–Crippen LogP) is 6.56. The molecule has 0 aliphatic rings. The monoisotopic (exact) mass is 496 g/mol. The SMILES string of the molecule is FC(F)(F)c1ccc(Oc2ccc(CCN(Cl)c3ncnc(C(F)(F)F)c3Cl)cc2)nc1. The van der Waals surface area contributed by atoms with Gasteiger partial charge in [-0.2, -0.15) is 26.3 Å². The Morgan fingerprint density at radius 2 is 1.56 bits per heavy atom. The van der Waals surface area contributed by atoms with Crippen LogP contribution in [0.1, 0.15) is 16.8 Å². The summed E-state index contributed by atoms with van der Waals surface area (Å²) in [4.78, 5) is 10.5. The van der Waals surface area contributed by atoms with Crippen molar-refractivity contribution >= 4 is 29.2 Å². The molecule has 0 saturated heterocycles. The maximum absolute atomic E-state index is 12.9. The summed E-state index contributed by atoms with van der Waals surface area (Å²) in [5.74, 6) is 0.0398. The Labute approximate surface area is 187 Å². The first kappa shape index (κ1) is 23.9. The Balaban J connectivity index is 1.61. The number of anilines is 1. The number of pyridine rings is 1. The van der Waals surface area contributed by atoms with Crippen molar-refractivity contribution in [2.45, 2.75) is 18.8 Å². The van der Waals surface area contributed by atoms with Gasteiger partial charge in [0.05, 0.1) is 5.56 Å². The van der Waals surface area contributed by atoms with Crippen molar-refractivity contribution in [3.63, 3.8) is 0 Å². The zero-order valence-corrected chi connectivity index (χ0v) is 17.3. The average Bonchev–Trinajstić information content (AvgIpc) is 2.72. The first-order chi connectivity index (χ1) is 14.9. The maximum Gasteiger partial charge on any atom is 0.435 e. The standard InChI is InChI=1S/C19H12Cl2F6N4O/c20-15-16(19(25,26)27)29-10-30-17(15)31(21)8-7-11-1-4-13(5-2-11)32-14-6-3-12(9-28-14)18(22,23)24/h1-6,9-10H,7-8H2. The van der Waals surface area contributed by atoms with Crippen molar-refractivity contribution in [1.29, 1.82) is 0 Å². The minimum absolute atomic E-state index is 0.0171. The second-order valence-corrected chi connectivity index (χ2v) is 7.11. The molecule has 0 bridgehead atoms. The van der Waals surface area contributed by atoms with Crippen LogP contribution in [0.4, 0.5) is 32.2 Å². The van der Waals surface area contributed by atoms with Crippen molar-refractivity contribution in [2.75, 3.05) is 11.0 Å². The number of alkyl halides is 6. The molecule has 1 aromatic carbocycles. The van der Waals surface area contributed by atoms with Gasteiger partial charge in [-0.1, -0.05) is 23.7 Å². The van der Waals surface area contributed by atoms with E-state index < -0.39 is 28.6 Å². The van der Waals surface area contributed by atoms with Crippen LogP contribution in [-0.2, 0) is 18.8 Å². The van der Waals surface area contributed by atoms with Gasteiger partial charge in [0, 0.05) is 30.6 Å². The van der Waals surface area contributed by atoms with Crippen LogP contribution in [0, 0.1) is 0 Å². The summed E-state index contributed by atoms with van der Waals surface area (Å²) in [6.45, 7) is 0.0796. The van der Waals surface area contributed by atoms with Crippen LogP contribution in [0.15, 0.2) is 48.9 Å². The van der Waals surface area contributed by atoms with Gasteiger partial charge in [-0.25, -0.2) is 15.0 Å². The third-order valence-corrected chi connectivity index (χ3v) is 4.75. The molecule has 13 heteroatoms. The van der Waals surface area contributed by atoms with Gasteiger partial charge < -0.3 is 4.74 Å². The molecule has 5 nitrogen and oxygen atoms in total. The van der Waals surface area contributed by atoms with Crippen molar-refractivity contribution in [1.82, 2.24) is 15.0 Å². The molecule has 2 aromatic heterocycles. The van der Waals surface area contributed by atoms with Gasteiger partial charge in [0.15, 0.2) is 11.5 Å². The van der Waals surface area contributed by atoms with E-state index in [2.05, 4.69) is 15.0 Å². The Morgan fingerprint density at radius 1 is 0.875 bits per heavy atom. The van der Waals surface area contributed by atoms with Crippen LogP contribution in [0.2, 0.25) is 5.02 Å². The summed E-state index contributed by atoms with van der Waals surface area (Å²) < 4.78 is 82.8. The lowest BCUT2D eigenvalue weighted by molar-refractivity contribution is -0.141. The molecule has 3 aromatic rings. The van der Waals surface area contributed by atoms with Crippen LogP contribution >= 0.6 is 23.4 Å². The fourth-order valence-electron chi connectivity index (χ4n) is 2.51. The molecule has 0 aliphatic heterocycles. The van der Waals surface area contributed by atoms with Crippen LogP contribution in [0.25, 0.3) is 0 Å². The molecule has 0 spiro atoms. The number of ether oxygens (including phenoxy) is 1. The van der Waals surface area contributed by atoms with E-state index in [1.165, 1.54) is 0 Å². The van der Waals surface area contributed by atoms with E-state index in [4.69, 9.17) is 28.1 Å². The number of halogens is 8. The lowest BCUT2D eigenvalue weighted by Crippen LogP contribution is -2.18. The van der Waals surface area contributed by atoms with Gasteiger partial charge in [-0.15, -0.1) is 0 Å². The smallest absolute Gasteiger partial charge is 0.435 e. The second-order valence-electron chi connectivity index (χ2n) is 6.32. The van der Waals surface area contributed by atoms with Crippen LogP contribution < -0.4 is 9.16 Å². The van der Waals surface area contributed by atoms with Crippen LogP contribution in [0.3, 0.4) is 0 Å². The van der Waals surface area contributed by atoms with Gasteiger partial charge in [-0.05, 0) is 30.2 Å². The minimum atomic E-state index is -4.75. The third-order valence-electron chi connectivity index (χ3n) is 4.08. The molecule has 0 aliphatic carbocycles. The number of nitrogens with zero attached hydrogens (tertiary/aromatic N) is 4. The summed E-state index contributed by atoms with van der Waals surface area (Å²) in [7, 11) is 0. The van der Waals surface area contributed by atoms with Gasteiger partial charge in [0.25, 0.3) is 0 Å². The molecule has 0 saturated carbocycles. The highest BCUT2D eigenvalue weighted by atomic mass is 35.5. The molecule has 2 heterocycles. The van der Waals surface area contributed by atoms with E-state index in [0.717, 1.165) is 28.4 Å². The predicted molar refractivity (Wildman–Crippen MR) is 105 cm³/mol. The van der Waals surface area contributed by atoms with E-state index in [1.54, 1.807) is 24.3 Å². The van der Waals surface area contributed by atoms with Gasteiger partial charge in [0.2, 0.25) is 5.88 Å². The van der Waals surface area contributed by atoms with Crippen molar-refractivity contribution in [2.24, 2.45) is 0 Å². The highest BCUT2D eigenvalue weighted by Gasteiger charge is 2.37. The Morgan fingerprint density at radius 3 is 2.12 bits per heavy atom. The van der Waals surface area contributed by atoms with Gasteiger partial charge in [-0.3, -0.25) is 4.42 Å². The zero-order valence-electron chi connectivity index (χ0n) is 15.8. The summed E-state index contributed by atoms with van der Waals surface area (Å²) in [6.07, 6.45) is -7.52. The topological polar surface area (TPSA) is 51.1 Å². The number of benzene rings is 1. The van der Waals surface area contributed by atoms with E-state index in [-0.39, 0.29) is 18.2 Å². The lowest BCUT2D eigenvalue weighted by atomic mass is 10.1. The number of aromatic nitrogens is 3. The Hall–Kier alpha value is -2.79. The average molecular weight is 497 g/mol. The van der Waals surface area contributed by atoms with E-state index in [0.29, 0.717) is 18.4 Å². The zero-order chi connectivity index (χ0) is 23.5. The first-order valence-electron chi connectivity index (χ1n) is 8.76. The molecule has 0 radical (unpaired) electrons. The van der Waals surface area contributed by atoms with E-state index >= 15 is 0 Å². The first-order valence-corrected chi connectivity index (χ1v) is 9.48. The van der Waals surface area contributed by atoms with Gasteiger partial charge in [0.1, 0.15) is 17.1 Å². The molecule has 3 rings (SSSR count). The minimum Gasteiger partial charge on any atom is -0.439 e. The fraction of sp³-hybridized carbons (Fsp3) is 0.211. The van der Waals surface area contributed by atoms with Crippen molar-refractivity contribution < 1.29 is 31.1 Å². The number of hydrogen-bond acceptors (Lipinski definition) is 5. The molecule has 32 heavy (non-hydrogen) atoms. The van der Waals surface area contributed by atoms with Crippen LogP contribution in [-0.4, -0.2) is 21.5 Å². The normalized spacial score (nSPS) is 12.0. The fourth-order valence-corrected chi connectivity index (χ4v) is 3.08. The van der Waals surface area contributed by atoms with Crippen molar-refractivity contribution in [3.8, 4) is 11.6 Å². The summed E-state index contributed by atoms with van der Waals surface area (Å²) in [5.41, 5.74) is -1.42. The third kappa shape index (κ3) is 5.92. The molecule has 0 atom stereocenters. The molecule has 0 amide bonds. The Bertz CT molecular complexity index is 1060. The van der Waals surface area contributed by atoms with Gasteiger partial charge >= 0.3 is 12.4 Å². The highest BCUT2D eigenvalue weighted by Crippen LogP contribution is 2.37. The van der Waals surface area contributed by atoms with Crippen molar-refractivity contribution in [3.05, 3.63) is 70.8 Å². The lowest BCUT2D eigenvalue weighted by Gasteiger charge is -2.18. The molecular weight excluding hydrogens is 485 g/mol. The second kappa shape index (κ2) is 9.37. The summed E-state index contributed by atoms with van der Waals surface area (Å²) >= 11 is 11.8. The summed E-state index contributed by atoms with van der Waals surface area (Å²) in [6, 6.07) is 8.40. The molecule has 0 N–H and O–H groups in total. The molecular formula is C19H12Cl2F6N4O.